The van der Waals surface area contributed by atoms with E-state index >= 15 is 0 Å². The second-order valence-electron chi connectivity index (χ2n) is 10.0. The summed E-state index contributed by atoms with van der Waals surface area (Å²) in [5, 5.41) is 29.2. The second kappa shape index (κ2) is 10.3. The van der Waals surface area contributed by atoms with Crippen LogP contribution < -0.4 is 5.32 Å². The summed E-state index contributed by atoms with van der Waals surface area (Å²) < 4.78 is 29.6. The van der Waals surface area contributed by atoms with Crippen LogP contribution in [0.5, 0.6) is 0 Å². The van der Waals surface area contributed by atoms with Crippen molar-refractivity contribution in [3.63, 3.8) is 0 Å². The molecule has 0 radical (unpaired) electrons. The van der Waals surface area contributed by atoms with Crippen molar-refractivity contribution >= 4 is 38.1 Å². The minimum absolute atomic E-state index is 0.00819. The molecule has 38 heavy (non-hydrogen) atoms. The number of hydrogen-bond acceptors (Lipinski definition) is 8. The van der Waals surface area contributed by atoms with Gasteiger partial charge in [0.2, 0.25) is 5.28 Å². The number of halogens is 1. The molecule has 0 spiro atoms. The van der Waals surface area contributed by atoms with Crippen molar-refractivity contribution < 1.29 is 38.5 Å². The monoisotopic (exact) mass is 586 g/mol. The van der Waals surface area contributed by atoms with Crippen molar-refractivity contribution in [1.82, 2.24) is 14.6 Å². The van der Waals surface area contributed by atoms with Gasteiger partial charge >= 0.3 is 15.2 Å². The Bertz CT molecular complexity index is 1460. The maximum Gasteiger partial charge on any atom is 0.340 e. The Morgan fingerprint density at radius 2 is 1.92 bits per heavy atom. The standard InChI is InChI=1S/C23H29ClN4O8P2/c1-12-2-4-15-13(8-12)3-5-17(15)25-22-19-7-6-18(28(19)27-23(24)26-22)16-9-14(20(29)21(16)30)10-36-38(34,35)11-37(31,32)33/h2,4,6-8,14,16-17,20-21,29-30H,3,5,9-11H2,1H3,(H,34,35)(H,25,26,27)(H2,31,32,33)/t14-,16+,17-,20-,21+/m1/s1. The number of rotatable bonds is 8. The molecular formula is C23H29ClN4O8P2. The molecule has 6 N–H and O–H groups in total. The quantitative estimate of drug-likeness (QED) is 0.213. The number of aliphatic hydroxyl groups is 2. The van der Waals surface area contributed by atoms with Crippen LogP contribution in [-0.2, 0) is 20.1 Å². The van der Waals surface area contributed by atoms with E-state index in [-0.39, 0.29) is 17.7 Å². The zero-order valence-electron chi connectivity index (χ0n) is 20.4. The van der Waals surface area contributed by atoms with E-state index in [4.69, 9.17) is 25.9 Å². The van der Waals surface area contributed by atoms with E-state index in [2.05, 4.69) is 40.5 Å². The third-order valence-corrected chi connectivity index (χ3v) is 10.9. The van der Waals surface area contributed by atoms with Gasteiger partial charge in [0.05, 0.1) is 24.9 Å². The van der Waals surface area contributed by atoms with E-state index in [0.717, 1.165) is 12.8 Å². The van der Waals surface area contributed by atoms with Crippen LogP contribution in [0, 0.1) is 12.8 Å². The third kappa shape index (κ3) is 5.70. The minimum Gasteiger partial charge on any atom is -0.390 e. The molecule has 2 aliphatic rings. The van der Waals surface area contributed by atoms with E-state index in [9.17, 15) is 24.2 Å². The van der Waals surface area contributed by atoms with Gasteiger partial charge in [0.15, 0.2) is 11.7 Å². The molecule has 0 saturated heterocycles. The van der Waals surface area contributed by atoms with Crippen LogP contribution in [0.15, 0.2) is 30.3 Å². The number of nitrogens with one attached hydrogen (secondary N) is 1. The number of nitrogens with zero attached hydrogens (tertiary/aromatic N) is 3. The highest BCUT2D eigenvalue weighted by atomic mass is 35.5. The molecule has 2 heterocycles. The lowest BCUT2D eigenvalue weighted by Gasteiger charge is -2.19. The molecular weight excluding hydrogens is 558 g/mol. The fourth-order valence-electron chi connectivity index (χ4n) is 5.51. The molecule has 1 saturated carbocycles. The number of aliphatic hydroxyl groups excluding tert-OH is 2. The second-order valence-corrected chi connectivity index (χ2v) is 14.4. The Morgan fingerprint density at radius 3 is 2.66 bits per heavy atom. The molecule has 1 fully saturated rings. The molecule has 3 aromatic rings. The van der Waals surface area contributed by atoms with Crippen molar-refractivity contribution in [1.29, 1.82) is 0 Å². The fourth-order valence-corrected chi connectivity index (χ4v) is 8.28. The third-order valence-electron chi connectivity index (χ3n) is 7.24. The summed E-state index contributed by atoms with van der Waals surface area (Å²) in [4.78, 5) is 32.1. The van der Waals surface area contributed by atoms with Crippen molar-refractivity contribution in [2.24, 2.45) is 5.92 Å². The zero-order chi connectivity index (χ0) is 27.4. The molecule has 0 amide bonds. The Kier molecular flexibility index (Phi) is 7.49. The van der Waals surface area contributed by atoms with E-state index in [1.54, 1.807) is 16.6 Å². The first kappa shape index (κ1) is 27.7. The molecule has 2 aromatic heterocycles. The molecule has 6 atom stereocenters. The molecule has 15 heteroatoms. The summed E-state index contributed by atoms with van der Waals surface area (Å²) in [7, 11) is -9.38. The van der Waals surface area contributed by atoms with Crippen molar-refractivity contribution in [2.75, 3.05) is 17.8 Å². The van der Waals surface area contributed by atoms with Gasteiger partial charge in [-0.2, -0.15) is 4.98 Å². The van der Waals surface area contributed by atoms with Crippen molar-refractivity contribution in [2.45, 2.75) is 50.4 Å². The van der Waals surface area contributed by atoms with Gasteiger partial charge in [-0.05, 0) is 61.0 Å². The lowest BCUT2D eigenvalue weighted by Crippen LogP contribution is -2.29. The molecule has 206 valence electrons. The van der Waals surface area contributed by atoms with Gasteiger partial charge in [-0.3, -0.25) is 9.13 Å². The molecule has 0 bridgehead atoms. The van der Waals surface area contributed by atoms with Crippen LogP contribution in [0.1, 0.15) is 47.2 Å². The first-order valence-corrected chi connectivity index (χ1v) is 16.0. The maximum atomic E-state index is 12.0. The van der Waals surface area contributed by atoms with Crippen LogP contribution in [0.25, 0.3) is 5.52 Å². The van der Waals surface area contributed by atoms with Crippen LogP contribution in [0.3, 0.4) is 0 Å². The molecule has 1 unspecified atom stereocenters. The zero-order valence-corrected chi connectivity index (χ0v) is 22.9. The minimum atomic E-state index is -4.78. The average Bonchev–Trinajstić information content (AvgIpc) is 3.47. The van der Waals surface area contributed by atoms with Crippen LogP contribution in [-0.4, -0.2) is 64.2 Å². The Balaban J connectivity index is 1.37. The largest absolute Gasteiger partial charge is 0.390 e. The summed E-state index contributed by atoms with van der Waals surface area (Å²) in [6, 6.07) is 9.97. The maximum absolute atomic E-state index is 12.0. The SMILES string of the molecule is Cc1ccc2c(c1)CC[C@H]2Nc1nc(Cl)nn2c([C@@H]3C[C@H](COP(=O)(O)CP(=O)(O)O)[C@@H](O)[C@H]3O)ccc12. The number of anilines is 1. The van der Waals surface area contributed by atoms with E-state index < -0.39 is 51.7 Å². The number of hydrogen-bond donors (Lipinski definition) is 6. The fraction of sp³-hybridized carbons (Fsp3) is 0.478. The van der Waals surface area contributed by atoms with Gasteiger partial charge in [0.1, 0.15) is 5.52 Å². The summed E-state index contributed by atoms with van der Waals surface area (Å²) in [5.41, 5.74) is 4.89. The first-order valence-electron chi connectivity index (χ1n) is 12.1. The van der Waals surface area contributed by atoms with E-state index in [1.165, 1.54) is 16.7 Å². The van der Waals surface area contributed by atoms with Gasteiger partial charge in [-0.25, -0.2) is 4.52 Å². The van der Waals surface area contributed by atoms with Crippen LogP contribution >= 0.6 is 26.8 Å². The molecule has 12 nitrogen and oxygen atoms in total. The van der Waals surface area contributed by atoms with Gasteiger partial charge < -0.3 is 34.7 Å². The van der Waals surface area contributed by atoms with Crippen molar-refractivity contribution in [3.8, 4) is 0 Å². The molecule has 1 aromatic carbocycles. The number of aryl methyl sites for hydroxylation is 2. The lowest BCUT2D eigenvalue weighted by atomic mass is 10.0. The normalized spacial score (nSPS) is 27.0. The predicted molar refractivity (Wildman–Crippen MR) is 139 cm³/mol. The van der Waals surface area contributed by atoms with Crippen LogP contribution in [0.2, 0.25) is 5.28 Å². The van der Waals surface area contributed by atoms with Gasteiger partial charge in [-0.15, -0.1) is 5.10 Å². The van der Waals surface area contributed by atoms with Gasteiger partial charge in [0.25, 0.3) is 0 Å². The lowest BCUT2D eigenvalue weighted by molar-refractivity contribution is 0.00366. The number of aromatic nitrogens is 3. The van der Waals surface area contributed by atoms with Gasteiger partial charge in [0, 0.05) is 17.5 Å². The van der Waals surface area contributed by atoms with E-state index in [1.807, 2.05) is 0 Å². The van der Waals surface area contributed by atoms with Crippen LogP contribution in [0.4, 0.5) is 5.82 Å². The Morgan fingerprint density at radius 1 is 1.16 bits per heavy atom. The summed E-state index contributed by atoms with van der Waals surface area (Å²) in [5.74, 6) is -2.17. The summed E-state index contributed by atoms with van der Waals surface area (Å²) in [6.45, 7) is 1.60. The Hall–Kier alpha value is -1.85. The summed E-state index contributed by atoms with van der Waals surface area (Å²) >= 11 is 6.27. The average molecular weight is 587 g/mol. The topological polar surface area (TPSA) is 187 Å². The van der Waals surface area contributed by atoms with E-state index in [0.29, 0.717) is 17.0 Å². The number of benzene rings is 1. The molecule has 0 aliphatic heterocycles. The highest BCUT2D eigenvalue weighted by Gasteiger charge is 2.45. The highest BCUT2D eigenvalue weighted by molar-refractivity contribution is 7.70. The molecule has 2 aliphatic carbocycles. The number of fused-ring (bicyclic) bond motifs is 2. The predicted octanol–water partition coefficient (Wildman–Crippen LogP) is 2.95. The first-order chi connectivity index (χ1) is 17.8. The smallest absolute Gasteiger partial charge is 0.340 e. The van der Waals surface area contributed by atoms with Gasteiger partial charge in [-0.1, -0.05) is 23.8 Å². The Labute approximate surface area is 223 Å². The highest BCUT2D eigenvalue weighted by Crippen LogP contribution is 2.56. The molecule has 5 rings (SSSR count). The summed E-state index contributed by atoms with van der Waals surface area (Å²) in [6.07, 6.45) is -0.526. The van der Waals surface area contributed by atoms with Crippen molar-refractivity contribution in [3.05, 3.63) is 58.0 Å².